The predicted octanol–water partition coefficient (Wildman–Crippen LogP) is 1.04. The number of hydrogen-bond donors (Lipinski definition) is 2. The van der Waals surface area contributed by atoms with Crippen LogP contribution in [-0.2, 0) is 19.1 Å². The molecule has 11 heteroatoms. The van der Waals surface area contributed by atoms with Gasteiger partial charge in [0.05, 0.1) is 5.88 Å². The lowest BCUT2D eigenvalue weighted by molar-refractivity contribution is -0.156. The van der Waals surface area contributed by atoms with Gasteiger partial charge in [-0.15, -0.1) is 11.8 Å². The summed E-state index contributed by atoms with van der Waals surface area (Å²) in [5, 5.41) is 9.42. The fourth-order valence-electron chi connectivity index (χ4n) is 3.92. The SMILES string of the molecule is CC(CN)[C@H](C(=O)N1CCC(N(C)C(=O)OC(C)(C)C)CC1)C(=O)N1CSC[C@H]1C(=O)O. The molecule has 1 unspecified atom stereocenters. The Morgan fingerprint density at radius 1 is 1.19 bits per heavy atom. The Labute approximate surface area is 193 Å². The maximum Gasteiger partial charge on any atom is 0.410 e. The molecule has 0 bridgehead atoms. The van der Waals surface area contributed by atoms with Gasteiger partial charge in [0.2, 0.25) is 11.8 Å². The smallest absolute Gasteiger partial charge is 0.410 e. The molecule has 0 spiro atoms. The molecule has 3 atom stereocenters. The zero-order valence-corrected chi connectivity index (χ0v) is 20.4. The topological polar surface area (TPSA) is 133 Å². The Morgan fingerprint density at radius 3 is 2.28 bits per heavy atom. The largest absolute Gasteiger partial charge is 0.480 e. The third-order valence-corrected chi connectivity index (χ3v) is 6.94. The molecule has 0 aromatic carbocycles. The zero-order valence-electron chi connectivity index (χ0n) is 19.6. The first-order valence-corrected chi connectivity index (χ1v) is 12.1. The van der Waals surface area contributed by atoms with Crippen LogP contribution >= 0.6 is 11.8 Å². The lowest BCUT2D eigenvalue weighted by atomic mass is 9.89. The van der Waals surface area contributed by atoms with Crippen molar-refractivity contribution in [2.75, 3.05) is 38.3 Å². The van der Waals surface area contributed by atoms with Crippen molar-refractivity contribution in [1.82, 2.24) is 14.7 Å². The Kier molecular flexibility index (Phi) is 8.81. The number of nitrogens with two attached hydrogens (primary N) is 1. The molecule has 2 aliphatic rings. The molecule has 10 nitrogen and oxygen atoms in total. The van der Waals surface area contributed by atoms with Crippen LogP contribution in [0.4, 0.5) is 4.79 Å². The lowest BCUT2D eigenvalue weighted by Gasteiger charge is -2.39. The number of likely N-dealkylation sites (tertiary alicyclic amines) is 1. The summed E-state index contributed by atoms with van der Waals surface area (Å²) in [6.45, 7) is 8.10. The van der Waals surface area contributed by atoms with E-state index in [1.54, 1.807) is 23.8 Å². The van der Waals surface area contributed by atoms with Gasteiger partial charge >= 0.3 is 12.1 Å². The second kappa shape index (κ2) is 10.7. The van der Waals surface area contributed by atoms with Crippen molar-refractivity contribution in [2.24, 2.45) is 17.6 Å². The highest BCUT2D eigenvalue weighted by atomic mass is 32.2. The molecule has 0 radical (unpaired) electrons. The summed E-state index contributed by atoms with van der Waals surface area (Å²) < 4.78 is 5.42. The molecule has 182 valence electrons. The number of nitrogens with zero attached hydrogens (tertiary/aromatic N) is 3. The minimum absolute atomic E-state index is 0.0682. The maximum atomic E-state index is 13.3. The van der Waals surface area contributed by atoms with Gasteiger partial charge in [-0.05, 0) is 46.1 Å². The highest BCUT2D eigenvalue weighted by molar-refractivity contribution is 7.99. The number of amides is 3. The van der Waals surface area contributed by atoms with E-state index in [1.165, 1.54) is 16.7 Å². The Morgan fingerprint density at radius 2 is 1.78 bits per heavy atom. The van der Waals surface area contributed by atoms with E-state index in [2.05, 4.69) is 0 Å². The highest BCUT2D eigenvalue weighted by Crippen LogP contribution is 2.28. The number of thioether (sulfide) groups is 1. The van der Waals surface area contributed by atoms with Crippen molar-refractivity contribution in [3.63, 3.8) is 0 Å². The Hall–Kier alpha value is -2.01. The molecule has 2 aliphatic heterocycles. The van der Waals surface area contributed by atoms with E-state index in [0.29, 0.717) is 31.7 Å². The molecule has 2 saturated heterocycles. The molecule has 0 aliphatic carbocycles. The quantitative estimate of drug-likeness (QED) is 0.548. The van der Waals surface area contributed by atoms with Crippen LogP contribution in [0.25, 0.3) is 0 Å². The first kappa shape index (κ1) is 26.2. The summed E-state index contributed by atoms with van der Waals surface area (Å²) >= 11 is 1.36. The van der Waals surface area contributed by atoms with Crippen LogP contribution in [0.5, 0.6) is 0 Å². The highest BCUT2D eigenvalue weighted by Gasteiger charge is 2.44. The second-order valence-corrected chi connectivity index (χ2v) is 10.5. The maximum absolute atomic E-state index is 13.3. The van der Waals surface area contributed by atoms with Gasteiger partial charge in [-0.2, -0.15) is 0 Å². The molecule has 0 aromatic rings. The van der Waals surface area contributed by atoms with Crippen LogP contribution in [-0.4, -0.2) is 99.7 Å². The van der Waals surface area contributed by atoms with Gasteiger partial charge in [0.15, 0.2) is 0 Å². The summed E-state index contributed by atoms with van der Waals surface area (Å²) in [7, 11) is 1.69. The molecule has 3 amide bonds. The first-order chi connectivity index (χ1) is 14.9. The van der Waals surface area contributed by atoms with Gasteiger partial charge in [-0.25, -0.2) is 9.59 Å². The Bertz CT molecular complexity index is 720. The number of carboxylic acid groups (broad SMARTS) is 1. The minimum Gasteiger partial charge on any atom is -0.480 e. The zero-order chi connectivity index (χ0) is 24.2. The molecule has 2 heterocycles. The molecule has 0 aromatic heterocycles. The van der Waals surface area contributed by atoms with E-state index < -0.39 is 41.4 Å². The van der Waals surface area contributed by atoms with E-state index in [-0.39, 0.29) is 24.4 Å². The van der Waals surface area contributed by atoms with Crippen molar-refractivity contribution in [1.29, 1.82) is 0 Å². The number of hydrogen-bond acceptors (Lipinski definition) is 7. The van der Waals surface area contributed by atoms with Crippen LogP contribution < -0.4 is 5.73 Å². The van der Waals surface area contributed by atoms with Gasteiger partial charge in [-0.1, -0.05) is 6.92 Å². The molecular weight excluding hydrogens is 436 g/mol. The minimum atomic E-state index is -1.07. The number of carbonyl (C=O) groups excluding carboxylic acids is 3. The molecule has 2 rings (SSSR count). The van der Waals surface area contributed by atoms with E-state index in [4.69, 9.17) is 10.5 Å². The van der Waals surface area contributed by atoms with Crippen LogP contribution in [0.3, 0.4) is 0 Å². The fraction of sp³-hybridized carbons (Fsp3) is 0.810. The van der Waals surface area contributed by atoms with Gasteiger partial charge in [0, 0.05) is 31.9 Å². The van der Waals surface area contributed by atoms with Crippen LogP contribution in [0.1, 0.15) is 40.5 Å². The summed E-state index contributed by atoms with van der Waals surface area (Å²) in [6, 6.07) is -0.998. The van der Waals surface area contributed by atoms with E-state index in [0.717, 1.165) is 0 Å². The Balaban J connectivity index is 2.05. The first-order valence-electron chi connectivity index (χ1n) is 10.9. The van der Waals surface area contributed by atoms with E-state index in [9.17, 15) is 24.3 Å². The standard InChI is InChI=1S/C21H36N4O6S/c1-13(10-22)16(18(27)25-12-32-11-15(25)19(28)29)17(26)24-8-6-14(7-9-24)23(5)20(30)31-21(2,3)4/h13-16H,6-12,22H2,1-5H3,(H,28,29)/t13?,15-,16+/m0/s1. The van der Waals surface area contributed by atoms with Gasteiger partial charge in [0.25, 0.3) is 0 Å². The van der Waals surface area contributed by atoms with Crippen molar-refractivity contribution >= 4 is 35.6 Å². The van der Waals surface area contributed by atoms with E-state index >= 15 is 0 Å². The van der Waals surface area contributed by atoms with Crippen LogP contribution in [0.15, 0.2) is 0 Å². The lowest BCUT2D eigenvalue weighted by Crippen LogP contribution is -2.54. The molecule has 0 saturated carbocycles. The normalized spacial score (nSPS) is 21.8. The van der Waals surface area contributed by atoms with Crippen molar-refractivity contribution < 1.29 is 29.0 Å². The summed E-state index contributed by atoms with van der Waals surface area (Å²) in [5.41, 5.74) is 5.21. The number of carboxylic acids is 1. The predicted molar refractivity (Wildman–Crippen MR) is 121 cm³/mol. The van der Waals surface area contributed by atoms with Crippen LogP contribution in [0.2, 0.25) is 0 Å². The number of aliphatic carboxylic acids is 1. The van der Waals surface area contributed by atoms with Gasteiger partial charge < -0.3 is 30.3 Å². The average molecular weight is 473 g/mol. The second-order valence-electron chi connectivity index (χ2n) is 9.50. The third kappa shape index (κ3) is 6.28. The third-order valence-electron chi connectivity index (χ3n) is 5.93. The molecule has 2 fully saturated rings. The van der Waals surface area contributed by atoms with E-state index in [1.807, 2.05) is 20.8 Å². The summed E-state index contributed by atoms with van der Waals surface area (Å²) in [6.07, 6.45) is 0.728. The monoisotopic (exact) mass is 472 g/mol. The number of piperidine rings is 1. The molecule has 32 heavy (non-hydrogen) atoms. The summed E-state index contributed by atoms with van der Waals surface area (Å²) in [4.78, 5) is 54.9. The number of carbonyl (C=O) groups is 4. The fourth-order valence-corrected chi connectivity index (χ4v) is 5.08. The number of ether oxygens (including phenoxy) is 1. The van der Waals surface area contributed by atoms with Gasteiger partial charge in [-0.3, -0.25) is 9.59 Å². The average Bonchev–Trinajstić information content (AvgIpc) is 3.22. The number of rotatable bonds is 6. The van der Waals surface area contributed by atoms with Crippen molar-refractivity contribution in [2.45, 2.75) is 58.2 Å². The van der Waals surface area contributed by atoms with Crippen molar-refractivity contribution in [3.05, 3.63) is 0 Å². The van der Waals surface area contributed by atoms with Gasteiger partial charge in [0.1, 0.15) is 17.6 Å². The summed E-state index contributed by atoms with van der Waals surface area (Å²) in [5.74, 6) is -2.74. The van der Waals surface area contributed by atoms with Crippen LogP contribution in [0, 0.1) is 11.8 Å². The van der Waals surface area contributed by atoms with Crippen molar-refractivity contribution in [3.8, 4) is 0 Å². The molecule has 3 N–H and O–H groups in total. The molecular formula is C21H36N4O6S.